The number of hydrogen-bond donors (Lipinski definition) is 0. The van der Waals surface area contributed by atoms with Gasteiger partial charge in [0, 0.05) is 34.8 Å². The summed E-state index contributed by atoms with van der Waals surface area (Å²) < 4.78 is 11.8. The van der Waals surface area contributed by atoms with Crippen LogP contribution in [-0.4, -0.2) is 37.2 Å². The lowest BCUT2D eigenvalue weighted by atomic mass is 9.81. The first-order valence-corrected chi connectivity index (χ1v) is 10.6. The highest BCUT2D eigenvalue weighted by atomic mass is 35.5. The van der Waals surface area contributed by atoms with Gasteiger partial charge in [-0.15, -0.1) is 0 Å². The van der Waals surface area contributed by atoms with Crippen LogP contribution in [0.25, 0.3) is 0 Å². The topological polar surface area (TPSA) is 24.9 Å². The van der Waals surface area contributed by atoms with E-state index >= 15 is 0 Å². The third-order valence-corrected chi connectivity index (χ3v) is 7.04. The molecule has 3 heterocycles. The van der Waals surface area contributed by atoms with Crippen LogP contribution >= 0.6 is 11.6 Å². The Balaban J connectivity index is 1.51. The lowest BCUT2D eigenvalue weighted by Gasteiger charge is -2.50. The zero-order chi connectivity index (χ0) is 19.3. The van der Waals surface area contributed by atoms with Crippen LogP contribution in [0.5, 0.6) is 11.5 Å². The third-order valence-electron chi connectivity index (χ3n) is 6.80. The van der Waals surface area contributed by atoms with Gasteiger partial charge in [-0.05, 0) is 69.1 Å². The smallest absolute Gasteiger partial charge is 0.199 e. The van der Waals surface area contributed by atoms with Crippen molar-refractivity contribution in [2.75, 3.05) is 19.1 Å². The summed E-state index contributed by atoms with van der Waals surface area (Å²) in [5.41, 5.74) is 2.31. The van der Waals surface area contributed by atoms with E-state index in [4.69, 9.17) is 21.1 Å². The molecule has 0 saturated carbocycles. The summed E-state index contributed by atoms with van der Waals surface area (Å²) in [7, 11) is 4.00. The van der Waals surface area contributed by atoms with Crippen molar-refractivity contribution in [1.82, 2.24) is 4.90 Å². The van der Waals surface area contributed by atoms with Gasteiger partial charge in [0.1, 0.15) is 11.5 Å². The number of rotatable bonds is 3. The van der Waals surface area contributed by atoms with Crippen molar-refractivity contribution in [2.45, 2.75) is 56.5 Å². The van der Waals surface area contributed by atoms with Crippen molar-refractivity contribution >= 4 is 17.3 Å². The molecule has 0 spiro atoms. The van der Waals surface area contributed by atoms with Gasteiger partial charge in [-0.25, -0.2) is 0 Å². The Morgan fingerprint density at radius 2 is 1.71 bits per heavy atom. The van der Waals surface area contributed by atoms with Crippen molar-refractivity contribution < 1.29 is 9.47 Å². The highest BCUT2D eigenvalue weighted by Gasteiger charge is 2.43. The second-order valence-corrected chi connectivity index (χ2v) is 8.73. The number of halogens is 1. The van der Waals surface area contributed by atoms with E-state index in [0.29, 0.717) is 23.1 Å². The van der Waals surface area contributed by atoms with Gasteiger partial charge < -0.3 is 19.3 Å². The van der Waals surface area contributed by atoms with Crippen molar-refractivity contribution in [1.29, 1.82) is 0 Å². The van der Waals surface area contributed by atoms with Crippen molar-refractivity contribution in [2.24, 2.45) is 0 Å². The average Bonchev–Trinajstić information content (AvgIpc) is 3.06. The quantitative estimate of drug-likeness (QED) is 0.703. The molecule has 2 bridgehead atoms. The molecule has 0 radical (unpaired) electrons. The van der Waals surface area contributed by atoms with E-state index in [1.807, 2.05) is 24.3 Å². The molecule has 0 aromatic heterocycles. The number of hydrogen-bond acceptors (Lipinski definition) is 4. The molecule has 3 atom stereocenters. The third kappa shape index (κ3) is 3.03. The molecule has 0 aliphatic carbocycles. The first-order valence-electron chi connectivity index (χ1n) is 10.2. The van der Waals surface area contributed by atoms with Crippen LogP contribution in [0.3, 0.4) is 0 Å². The lowest BCUT2D eigenvalue weighted by Crippen LogP contribution is -2.55. The van der Waals surface area contributed by atoms with Crippen molar-refractivity contribution in [3.05, 3.63) is 53.1 Å². The molecule has 28 heavy (non-hydrogen) atoms. The normalized spacial score (nSPS) is 29.3. The molecule has 148 valence electrons. The first-order chi connectivity index (χ1) is 13.6. The molecule has 2 aromatic carbocycles. The molecule has 2 fully saturated rings. The molecule has 5 heteroatoms. The van der Waals surface area contributed by atoms with Crippen LogP contribution in [0.2, 0.25) is 5.02 Å². The maximum Gasteiger partial charge on any atom is 0.199 e. The van der Waals surface area contributed by atoms with Crippen molar-refractivity contribution in [3.63, 3.8) is 0 Å². The molecule has 0 amide bonds. The Bertz CT molecular complexity index is 842. The van der Waals surface area contributed by atoms with E-state index in [2.05, 4.69) is 35.0 Å². The Hall–Kier alpha value is -1.91. The van der Waals surface area contributed by atoms with E-state index in [1.165, 1.54) is 32.1 Å². The molecular weight excluding hydrogens is 372 g/mol. The van der Waals surface area contributed by atoms with Crippen LogP contribution in [-0.2, 0) is 0 Å². The molecule has 3 aliphatic rings. The minimum Gasteiger partial charge on any atom is -0.497 e. The zero-order valence-electron chi connectivity index (χ0n) is 16.5. The zero-order valence-corrected chi connectivity index (χ0v) is 17.2. The Labute approximate surface area is 172 Å². The molecule has 4 nitrogen and oxygen atoms in total. The number of nitrogens with zero attached hydrogens (tertiary/aromatic N) is 2. The molecule has 3 aliphatic heterocycles. The van der Waals surface area contributed by atoms with E-state index in [9.17, 15) is 0 Å². The highest BCUT2D eigenvalue weighted by molar-refractivity contribution is 6.30. The Morgan fingerprint density at radius 3 is 2.39 bits per heavy atom. The number of ether oxygens (including phenoxy) is 2. The standard InChI is InChI=1S/C23H27ClN2O2/c1-25-17-4-3-5-18(25)14-19(13-17)26-21-11-8-16(24)12-22(21)28-23(26)15-6-9-20(27-2)10-7-15/h6-12,17-19,23H,3-5,13-14H2,1-2H3. The van der Waals surface area contributed by atoms with Gasteiger partial charge in [0.2, 0.25) is 0 Å². The summed E-state index contributed by atoms with van der Waals surface area (Å²) in [6, 6.07) is 16.1. The Kier molecular flexibility index (Phi) is 4.64. The summed E-state index contributed by atoms with van der Waals surface area (Å²) in [6.07, 6.45) is 6.22. The maximum atomic E-state index is 6.45. The monoisotopic (exact) mass is 398 g/mol. The number of piperidine rings is 2. The van der Waals surface area contributed by atoms with Crippen LogP contribution in [0.4, 0.5) is 5.69 Å². The highest BCUT2D eigenvalue weighted by Crippen LogP contribution is 2.49. The lowest BCUT2D eigenvalue weighted by molar-refractivity contribution is 0.0482. The van der Waals surface area contributed by atoms with E-state index < -0.39 is 0 Å². The van der Waals surface area contributed by atoms with Gasteiger partial charge in [0.05, 0.1) is 12.8 Å². The largest absolute Gasteiger partial charge is 0.497 e. The Morgan fingerprint density at radius 1 is 1.00 bits per heavy atom. The minimum absolute atomic E-state index is 0.117. The second kappa shape index (κ2) is 7.16. The van der Waals surface area contributed by atoms with Crippen molar-refractivity contribution in [3.8, 4) is 11.5 Å². The van der Waals surface area contributed by atoms with E-state index in [1.54, 1.807) is 7.11 Å². The molecule has 3 unspecified atom stereocenters. The summed E-state index contributed by atoms with van der Waals surface area (Å²) >= 11 is 6.27. The fraction of sp³-hybridized carbons (Fsp3) is 0.478. The van der Waals surface area contributed by atoms with E-state index in [0.717, 1.165) is 22.7 Å². The van der Waals surface area contributed by atoms with Crippen LogP contribution in [0.1, 0.15) is 43.9 Å². The minimum atomic E-state index is -0.117. The van der Waals surface area contributed by atoms with Gasteiger partial charge in [0.25, 0.3) is 0 Å². The fourth-order valence-electron chi connectivity index (χ4n) is 5.30. The summed E-state index contributed by atoms with van der Waals surface area (Å²) in [5.74, 6) is 1.75. The van der Waals surface area contributed by atoms with E-state index in [-0.39, 0.29) is 6.23 Å². The van der Waals surface area contributed by atoms with Gasteiger partial charge in [-0.3, -0.25) is 0 Å². The molecule has 0 N–H and O–H groups in total. The summed E-state index contributed by atoms with van der Waals surface area (Å²) in [4.78, 5) is 5.12. The molecule has 5 rings (SSSR count). The average molecular weight is 399 g/mol. The fourth-order valence-corrected chi connectivity index (χ4v) is 5.46. The van der Waals surface area contributed by atoms with Gasteiger partial charge in [-0.1, -0.05) is 18.0 Å². The SMILES string of the molecule is COc1ccc(C2Oc3cc(Cl)ccc3N2C2CC3CCCC(C2)N3C)cc1. The molecule has 2 saturated heterocycles. The number of fused-ring (bicyclic) bond motifs is 3. The maximum absolute atomic E-state index is 6.45. The number of methoxy groups -OCH3 is 1. The second-order valence-electron chi connectivity index (χ2n) is 8.29. The predicted molar refractivity (Wildman–Crippen MR) is 113 cm³/mol. The predicted octanol–water partition coefficient (Wildman–Crippen LogP) is 5.26. The summed E-state index contributed by atoms with van der Waals surface area (Å²) in [6.45, 7) is 0. The number of anilines is 1. The first kappa shape index (κ1) is 18.1. The van der Waals surface area contributed by atoms with Gasteiger partial charge in [0.15, 0.2) is 6.23 Å². The molecular formula is C23H27ClN2O2. The van der Waals surface area contributed by atoms with Crippen LogP contribution in [0, 0.1) is 0 Å². The number of benzene rings is 2. The van der Waals surface area contributed by atoms with Crippen LogP contribution in [0.15, 0.2) is 42.5 Å². The van der Waals surface area contributed by atoms with Crippen LogP contribution < -0.4 is 14.4 Å². The van der Waals surface area contributed by atoms with Gasteiger partial charge in [-0.2, -0.15) is 0 Å². The van der Waals surface area contributed by atoms with Gasteiger partial charge >= 0.3 is 0 Å². The molecule has 2 aromatic rings. The summed E-state index contributed by atoms with van der Waals surface area (Å²) in [5, 5.41) is 0.717.